The molecule has 7 rings (SSSR count). The fourth-order valence-electron chi connectivity index (χ4n) is 4.36. The van der Waals surface area contributed by atoms with Gasteiger partial charge in [0.05, 0.1) is 16.4 Å². The van der Waals surface area contributed by atoms with Gasteiger partial charge >= 0.3 is 0 Å². The zero-order chi connectivity index (χ0) is 24.2. The molecule has 0 radical (unpaired) electrons. The van der Waals surface area contributed by atoms with Crippen LogP contribution in [-0.4, -0.2) is 39.2 Å². The van der Waals surface area contributed by atoms with E-state index in [0.717, 1.165) is 34.4 Å². The molecular formula is C25H17ClN8OS. The lowest BCUT2D eigenvalue weighted by atomic mass is 10.1. The lowest BCUT2D eigenvalue weighted by Gasteiger charge is -2.12. The van der Waals surface area contributed by atoms with Crippen LogP contribution < -0.4 is 10.9 Å². The van der Waals surface area contributed by atoms with E-state index in [2.05, 4.69) is 31.0 Å². The highest BCUT2D eigenvalue weighted by atomic mass is 35.5. The first kappa shape index (κ1) is 21.2. The number of fused-ring (bicyclic) bond motifs is 4. The molecule has 4 aromatic heterocycles. The summed E-state index contributed by atoms with van der Waals surface area (Å²) < 4.78 is 5.42. The summed E-state index contributed by atoms with van der Waals surface area (Å²) in [4.78, 5) is 31.6. The Hall–Kier alpha value is -4.15. The second kappa shape index (κ2) is 8.21. The molecule has 2 aromatic carbocycles. The monoisotopic (exact) mass is 512 g/mol. The van der Waals surface area contributed by atoms with Gasteiger partial charge < -0.3 is 9.88 Å². The largest absolute Gasteiger partial charge is 0.325 e. The van der Waals surface area contributed by atoms with E-state index in [-0.39, 0.29) is 5.56 Å². The zero-order valence-corrected chi connectivity index (χ0v) is 20.2. The van der Waals surface area contributed by atoms with Crippen LogP contribution in [0.1, 0.15) is 0 Å². The minimum absolute atomic E-state index is 0.294. The van der Waals surface area contributed by atoms with Gasteiger partial charge in [0.15, 0.2) is 10.8 Å². The molecule has 0 atom stereocenters. The van der Waals surface area contributed by atoms with Gasteiger partial charge in [-0.15, -0.1) is 0 Å². The molecule has 9 nitrogen and oxygen atoms in total. The molecule has 5 heterocycles. The Bertz CT molecular complexity index is 1820. The Balaban J connectivity index is 1.25. The van der Waals surface area contributed by atoms with Gasteiger partial charge in [-0.25, -0.2) is 19.5 Å². The van der Waals surface area contributed by atoms with Gasteiger partial charge in [0.2, 0.25) is 11.7 Å². The van der Waals surface area contributed by atoms with Gasteiger partial charge in [-0.2, -0.15) is 4.98 Å². The number of halogens is 1. The van der Waals surface area contributed by atoms with Gasteiger partial charge in [0.25, 0.3) is 5.56 Å². The summed E-state index contributed by atoms with van der Waals surface area (Å²) in [5.41, 5.74) is 3.54. The first-order chi connectivity index (χ1) is 17.7. The molecule has 36 heavy (non-hydrogen) atoms. The topological polar surface area (TPSA) is 94.9 Å². The Morgan fingerprint density at radius 1 is 1.03 bits per heavy atom. The Morgan fingerprint density at radius 2 is 1.89 bits per heavy atom. The highest BCUT2D eigenvalue weighted by molar-refractivity contribution is 7.99. The van der Waals surface area contributed by atoms with Crippen molar-refractivity contribution in [3.05, 3.63) is 88.7 Å². The Labute approximate surface area is 213 Å². The number of para-hydroxylation sites is 1. The minimum Gasteiger partial charge on any atom is -0.325 e. The van der Waals surface area contributed by atoms with Crippen molar-refractivity contribution < 1.29 is 0 Å². The molecule has 0 unspecified atom stereocenters. The first-order valence-electron chi connectivity index (χ1n) is 11.2. The van der Waals surface area contributed by atoms with E-state index < -0.39 is 0 Å². The summed E-state index contributed by atoms with van der Waals surface area (Å²) in [7, 11) is 0. The fourth-order valence-corrected chi connectivity index (χ4v) is 5.52. The summed E-state index contributed by atoms with van der Waals surface area (Å²) >= 11 is 8.17. The fraction of sp³-hybridized carbons (Fsp3) is 0.0800. The maximum absolute atomic E-state index is 13.4. The summed E-state index contributed by atoms with van der Waals surface area (Å²) in [6.07, 6.45) is 7.00. The molecule has 0 saturated carbocycles. The van der Waals surface area contributed by atoms with Gasteiger partial charge in [-0.1, -0.05) is 47.6 Å². The number of aromatic nitrogens is 7. The van der Waals surface area contributed by atoms with Crippen LogP contribution in [0.15, 0.2) is 83.3 Å². The van der Waals surface area contributed by atoms with Gasteiger partial charge in [0, 0.05) is 48.3 Å². The van der Waals surface area contributed by atoms with Crippen molar-refractivity contribution in [3.63, 3.8) is 0 Å². The third-order valence-corrected chi connectivity index (χ3v) is 7.38. The van der Waals surface area contributed by atoms with E-state index in [4.69, 9.17) is 16.6 Å². The van der Waals surface area contributed by atoms with Crippen LogP contribution in [0.4, 0.5) is 11.6 Å². The van der Waals surface area contributed by atoms with Gasteiger partial charge in [0.1, 0.15) is 5.39 Å². The van der Waals surface area contributed by atoms with E-state index >= 15 is 0 Å². The summed E-state index contributed by atoms with van der Waals surface area (Å²) in [6, 6.07) is 15.1. The second-order valence-corrected chi connectivity index (χ2v) is 9.74. The third kappa shape index (κ3) is 3.37. The lowest BCUT2D eigenvalue weighted by Crippen LogP contribution is -2.22. The summed E-state index contributed by atoms with van der Waals surface area (Å²) in [5, 5.41) is 5.10. The Kier molecular flexibility index (Phi) is 4.83. The molecular weight excluding hydrogens is 496 g/mol. The molecule has 0 bridgehead atoms. The van der Waals surface area contributed by atoms with Crippen molar-refractivity contribution in [1.29, 1.82) is 0 Å². The third-order valence-electron chi connectivity index (χ3n) is 6.08. The van der Waals surface area contributed by atoms with E-state index in [1.165, 1.54) is 10.8 Å². The molecule has 0 aliphatic carbocycles. The van der Waals surface area contributed by atoms with Crippen molar-refractivity contribution in [3.8, 4) is 16.9 Å². The highest BCUT2D eigenvalue weighted by Gasteiger charge is 2.18. The molecule has 0 fully saturated rings. The molecule has 1 N–H and O–H groups in total. The molecule has 6 aromatic rings. The number of aryl methyl sites for hydroxylation is 1. The normalized spacial score (nSPS) is 12.9. The number of rotatable bonds is 4. The van der Waals surface area contributed by atoms with Crippen LogP contribution in [0.2, 0.25) is 5.02 Å². The van der Waals surface area contributed by atoms with Crippen LogP contribution in [0.25, 0.3) is 33.8 Å². The molecule has 11 heteroatoms. The van der Waals surface area contributed by atoms with Gasteiger partial charge in [-0.05, 0) is 24.3 Å². The molecule has 176 valence electrons. The second-order valence-electron chi connectivity index (χ2n) is 8.27. The van der Waals surface area contributed by atoms with Crippen molar-refractivity contribution in [2.75, 3.05) is 11.1 Å². The number of imidazole rings is 2. The summed E-state index contributed by atoms with van der Waals surface area (Å²) in [6.45, 7) is 1.000. The molecule has 0 spiro atoms. The lowest BCUT2D eigenvalue weighted by molar-refractivity contribution is 0.719. The molecule has 1 aliphatic rings. The van der Waals surface area contributed by atoms with Crippen LogP contribution in [-0.2, 0) is 6.54 Å². The maximum atomic E-state index is 13.4. The van der Waals surface area contributed by atoms with Crippen LogP contribution in [0.3, 0.4) is 0 Å². The smallest absolute Gasteiger partial charge is 0.270 e. The number of hydrogen-bond acceptors (Lipinski definition) is 7. The van der Waals surface area contributed by atoms with Crippen LogP contribution in [0, 0.1) is 0 Å². The number of nitrogens with one attached hydrogen (secondary N) is 1. The van der Waals surface area contributed by atoms with Crippen LogP contribution >= 0.6 is 23.4 Å². The summed E-state index contributed by atoms with van der Waals surface area (Å²) in [5.74, 6) is 1.87. The standard InChI is InChI=1S/C25H17ClN8OS/c26-18-3-1-2-4-20(18)34-22(35)17-13-28-23(31-21(17)33-10-9-27-24(33)34)29-16-7-5-15(6-8-16)19-14-32-11-12-36-25(32)30-19/h1-10,13-14H,11-12H2,(H,28,29,31). The van der Waals surface area contributed by atoms with Crippen molar-refractivity contribution in [2.45, 2.75) is 11.7 Å². The average molecular weight is 513 g/mol. The number of benzene rings is 2. The SMILES string of the molecule is O=c1c2cnc(Nc3ccc(-c4cn5c(n4)SCC5)cc3)nc2n2ccnc2n1-c1ccccc1Cl. The van der Waals surface area contributed by atoms with Gasteiger partial charge in [-0.3, -0.25) is 9.20 Å². The predicted molar refractivity (Wildman–Crippen MR) is 141 cm³/mol. The molecule has 0 amide bonds. The number of hydrogen-bond donors (Lipinski definition) is 1. The van der Waals surface area contributed by atoms with E-state index in [0.29, 0.717) is 33.5 Å². The quantitative estimate of drug-likeness (QED) is 0.362. The number of nitrogens with zero attached hydrogens (tertiary/aromatic N) is 7. The molecule has 0 saturated heterocycles. The van der Waals surface area contributed by atoms with Crippen molar-refractivity contribution in [2.24, 2.45) is 0 Å². The first-order valence-corrected chi connectivity index (χ1v) is 12.6. The highest BCUT2D eigenvalue weighted by Crippen LogP contribution is 2.30. The number of anilines is 2. The zero-order valence-electron chi connectivity index (χ0n) is 18.7. The van der Waals surface area contributed by atoms with Crippen LogP contribution in [0.5, 0.6) is 0 Å². The van der Waals surface area contributed by atoms with E-state index in [1.807, 2.05) is 36.4 Å². The number of thioether (sulfide) groups is 1. The van der Waals surface area contributed by atoms with E-state index in [1.54, 1.807) is 40.7 Å². The van der Waals surface area contributed by atoms with E-state index in [9.17, 15) is 4.79 Å². The van der Waals surface area contributed by atoms with Crippen molar-refractivity contribution in [1.82, 2.24) is 33.5 Å². The maximum Gasteiger partial charge on any atom is 0.270 e. The predicted octanol–water partition coefficient (Wildman–Crippen LogP) is 4.79. The molecule has 1 aliphatic heterocycles. The van der Waals surface area contributed by atoms with Crippen molar-refractivity contribution >= 4 is 51.8 Å². The minimum atomic E-state index is -0.294. The average Bonchev–Trinajstić information content (AvgIpc) is 3.63. The Morgan fingerprint density at radius 3 is 2.72 bits per heavy atom.